The summed E-state index contributed by atoms with van der Waals surface area (Å²) in [5.41, 5.74) is 1.65. The van der Waals surface area contributed by atoms with Gasteiger partial charge in [0.2, 0.25) is 11.8 Å². The number of H-pyrrole nitrogens is 1. The number of piperidine rings is 1. The molecule has 5 rings (SSSR count). The average Bonchev–Trinajstić information content (AvgIpc) is 3.65. The van der Waals surface area contributed by atoms with Crippen LogP contribution in [0.4, 0.5) is 4.39 Å². The van der Waals surface area contributed by atoms with Crippen molar-refractivity contribution in [1.82, 2.24) is 19.8 Å². The van der Waals surface area contributed by atoms with E-state index >= 15 is 0 Å². The van der Waals surface area contributed by atoms with E-state index in [0.29, 0.717) is 62.4 Å². The first-order chi connectivity index (χ1) is 15.5. The molecule has 2 aromatic rings. The molecule has 3 aliphatic rings. The Morgan fingerprint density at radius 3 is 2.53 bits per heavy atom. The lowest BCUT2D eigenvalue weighted by Gasteiger charge is -2.32. The van der Waals surface area contributed by atoms with Crippen molar-refractivity contribution in [2.75, 3.05) is 19.6 Å². The van der Waals surface area contributed by atoms with Crippen LogP contribution in [0.25, 0.3) is 0 Å². The van der Waals surface area contributed by atoms with E-state index in [1.165, 1.54) is 6.07 Å². The second-order valence-electron chi connectivity index (χ2n) is 9.08. The van der Waals surface area contributed by atoms with Crippen LogP contribution in [-0.2, 0) is 29.0 Å². The molecular weight excluding hydrogens is 411 g/mol. The average molecular weight is 439 g/mol. The summed E-state index contributed by atoms with van der Waals surface area (Å²) in [5, 5.41) is 0. The molecular formula is C24H27FN4O3. The molecule has 3 heterocycles. The standard InChI is InChI=1S/C24H27FN4O3/c25-19-4-2-1-3-17(19)13-21(30)28-10-7-15(8-11-28)22-26-20-9-12-29(24(32)16-5-6-16)14-18(20)23(31)27-22/h1-4,15-16H,5-14H2,(H,26,27,31). The highest BCUT2D eigenvalue weighted by Gasteiger charge is 2.36. The van der Waals surface area contributed by atoms with Crippen molar-refractivity contribution in [2.45, 2.75) is 51.0 Å². The summed E-state index contributed by atoms with van der Waals surface area (Å²) in [6, 6.07) is 6.36. The Labute approximate surface area is 185 Å². The molecule has 1 saturated carbocycles. The smallest absolute Gasteiger partial charge is 0.256 e. The number of rotatable bonds is 4. The topological polar surface area (TPSA) is 86.4 Å². The molecule has 2 amide bonds. The van der Waals surface area contributed by atoms with Crippen LogP contribution in [0, 0.1) is 11.7 Å². The van der Waals surface area contributed by atoms with Gasteiger partial charge in [-0.15, -0.1) is 0 Å². The summed E-state index contributed by atoms with van der Waals surface area (Å²) in [5.74, 6) is 0.624. The van der Waals surface area contributed by atoms with Crippen LogP contribution >= 0.6 is 0 Å². The van der Waals surface area contributed by atoms with Gasteiger partial charge in [0.25, 0.3) is 5.56 Å². The fourth-order valence-electron chi connectivity index (χ4n) is 4.73. The largest absolute Gasteiger partial charge is 0.342 e. The maximum Gasteiger partial charge on any atom is 0.256 e. The number of halogens is 1. The van der Waals surface area contributed by atoms with Gasteiger partial charge in [-0.2, -0.15) is 0 Å². The lowest BCUT2D eigenvalue weighted by molar-refractivity contribution is -0.133. The molecule has 1 N–H and O–H groups in total. The highest BCUT2D eigenvalue weighted by atomic mass is 19.1. The van der Waals surface area contributed by atoms with Gasteiger partial charge in [0, 0.05) is 37.9 Å². The molecule has 1 aliphatic carbocycles. The SMILES string of the molecule is O=C(Cc1ccccc1F)N1CCC(c2nc3c(c(=O)[nH]2)CN(C(=O)C2CC2)CC3)CC1. The molecule has 1 aromatic carbocycles. The molecule has 168 valence electrons. The molecule has 7 nitrogen and oxygen atoms in total. The number of fused-ring (bicyclic) bond motifs is 1. The maximum absolute atomic E-state index is 13.9. The summed E-state index contributed by atoms with van der Waals surface area (Å²) in [4.78, 5) is 49.0. The maximum atomic E-state index is 13.9. The number of nitrogens with zero attached hydrogens (tertiary/aromatic N) is 3. The number of hydrogen-bond acceptors (Lipinski definition) is 4. The Morgan fingerprint density at radius 2 is 1.81 bits per heavy atom. The zero-order chi connectivity index (χ0) is 22.2. The number of aromatic amines is 1. The Morgan fingerprint density at radius 1 is 1.06 bits per heavy atom. The van der Waals surface area contributed by atoms with Crippen LogP contribution in [0.3, 0.4) is 0 Å². The summed E-state index contributed by atoms with van der Waals surface area (Å²) in [6.45, 7) is 2.07. The number of likely N-dealkylation sites (tertiary alicyclic amines) is 1. The van der Waals surface area contributed by atoms with Gasteiger partial charge in [-0.1, -0.05) is 18.2 Å². The quantitative estimate of drug-likeness (QED) is 0.793. The van der Waals surface area contributed by atoms with Gasteiger partial charge in [-0.3, -0.25) is 14.4 Å². The van der Waals surface area contributed by atoms with Crippen LogP contribution < -0.4 is 5.56 Å². The predicted octanol–water partition coefficient (Wildman–Crippen LogP) is 2.15. The van der Waals surface area contributed by atoms with Crippen molar-refractivity contribution in [3.63, 3.8) is 0 Å². The lowest BCUT2D eigenvalue weighted by atomic mass is 9.94. The first kappa shape index (κ1) is 20.8. The van der Waals surface area contributed by atoms with Gasteiger partial charge in [0.15, 0.2) is 0 Å². The minimum absolute atomic E-state index is 0.0569. The lowest BCUT2D eigenvalue weighted by Crippen LogP contribution is -2.41. The van der Waals surface area contributed by atoms with Gasteiger partial charge in [0.1, 0.15) is 11.6 Å². The van der Waals surface area contributed by atoms with E-state index in [-0.39, 0.29) is 41.4 Å². The van der Waals surface area contributed by atoms with Crippen molar-refractivity contribution < 1.29 is 14.0 Å². The normalized spacial score (nSPS) is 19.0. The van der Waals surface area contributed by atoms with Crippen molar-refractivity contribution >= 4 is 11.8 Å². The van der Waals surface area contributed by atoms with Gasteiger partial charge in [-0.25, -0.2) is 9.37 Å². The Balaban J connectivity index is 1.22. The van der Waals surface area contributed by atoms with E-state index in [1.807, 2.05) is 0 Å². The second-order valence-corrected chi connectivity index (χ2v) is 9.08. The molecule has 0 atom stereocenters. The monoisotopic (exact) mass is 438 g/mol. The third kappa shape index (κ3) is 4.18. The molecule has 1 aromatic heterocycles. The number of nitrogens with one attached hydrogen (secondary N) is 1. The first-order valence-electron chi connectivity index (χ1n) is 11.4. The molecule has 0 unspecified atom stereocenters. The molecule has 32 heavy (non-hydrogen) atoms. The molecule has 2 aliphatic heterocycles. The minimum Gasteiger partial charge on any atom is -0.342 e. The molecule has 1 saturated heterocycles. The van der Waals surface area contributed by atoms with Crippen LogP contribution in [0.15, 0.2) is 29.1 Å². The van der Waals surface area contributed by atoms with Crippen molar-refractivity contribution in [3.05, 3.63) is 63.1 Å². The van der Waals surface area contributed by atoms with Crippen LogP contribution in [0.5, 0.6) is 0 Å². The molecule has 0 spiro atoms. The number of aromatic nitrogens is 2. The zero-order valence-electron chi connectivity index (χ0n) is 18.0. The third-order valence-electron chi connectivity index (χ3n) is 6.86. The molecule has 0 radical (unpaired) electrons. The van der Waals surface area contributed by atoms with Crippen molar-refractivity contribution in [2.24, 2.45) is 5.92 Å². The highest BCUT2D eigenvalue weighted by Crippen LogP contribution is 2.32. The van der Waals surface area contributed by atoms with Crippen LogP contribution in [-0.4, -0.2) is 51.2 Å². The van der Waals surface area contributed by atoms with Crippen LogP contribution in [0.2, 0.25) is 0 Å². The number of carbonyl (C=O) groups is 2. The Hall–Kier alpha value is -3.03. The number of benzene rings is 1. The molecule has 2 fully saturated rings. The number of amides is 2. The van der Waals surface area contributed by atoms with E-state index < -0.39 is 0 Å². The minimum atomic E-state index is -0.357. The van der Waals surface area contributed by atoms with E-state index in [9.17, 15) is 18.8 Å². The van der Waals surface area contributed by atoms with E-state index in [2.05, 4.69) is 4.98 Å². The van der Waals surface area contributed by atoms with Crippen molar-refractivity contribution in [3.8, 4) is 0 Å². The van der Waals surface area contributed by atoms with Crippen molar-refractivity contribution in [1.29, 1.82) is 0 Å². The fraction of sp³-hybridized carbons (Fsp3) is 0.500. The zero-order valence-corrected chi connectivity index (χ0v) is 18.0. The van der Waals surface area contributed by atoms with Gasteiger partial charge >= 0.3 is 0 Å². The van der Waals surface area contributed by atoms with Gasteiger partial charge < -0.3 is 14.8 Å². The summed E-state index contributed by atoms with van der Waals surface area (Å²) >= 11 is 0. The van der Waals surface area contributed by atoms with Gasteiger partial charge in [0.05, 0.1) is 24.2 Å². The van der Waals surface area contributed by atoms with E-state index in [1.54, 1.807) is 28.0 Å². The first-order valence-corrected chi connectivity index (χ1v) is 11.4. The van der Waals surface area contributed by atoms with E-state index in [0.717, 1.165) is 18.5 Å². The summed E-state index contributed by atoms with van der Waals surface area (Å²) in [6.07, 6.45) is 3.98. The fourth-order valence-corrected chi connectivity index (χ4v) is 4.73. The Kier molecular flexibility index (Phi) is 5.53. The number of carbonyl (C=O) groups excluding carboxylic acids is 2. The predicted molar refractivity (Wildman–Crippen MR) is 115 cm³/mol. The number of hydrogen-bond donors (Lipinski definition) is 1. The van der Waals surface area contributed by atoms with Crippen LogP contribution in [0.1, 0.15) is 54.2 Å². The van der Waals surface area contributed by atoms with Gasteiger partial charge in [-0.05, 0) is 37.3 Å². The molecule has 8 heteroatoms. The summed E-state index contributed by atoms with van der Waals surface area (Å²) in [7, 11) is 0. The summed E-state index contributed by atoms with van der Waals surface area (Å²) < 4.78 is 13.9. The second kappa shape index (κ2) is 8.48. The highest BCUT2D eigenvalue weighted by molar-refractivity contribution is 5.81. The van der Waals surface area contributed by atoms with E-state index in [4.69, 9.17) is 4.98 Å². The molecule has 0 bridgehead atoms. The third-order valence-corrected chi connectivity index (χ3v) is 6.86. The Bertz CT molecular complexity index is 1100.